The standard InChI is InChI=1S/C19H35ClN3O3/c1-8-17-21-18(10-11-25-12-13-26-16(7)24)23(22(17)15(5)6)19(20,9-2)14(3)4/h14-15H,8-13H2,1-7H3/q+1. The SMILES string of the molecule is CCc1nc(CCOCCOC(C)=O)n(C(Cl)(CC)C(C)C)[n+]1C(C)C. The Morgan fingerprint density at radius 2 is 1.88 bits per heavy atom. The van der Waals surface area contributed by atoms with Crippen LogP contribution in [0.25, 0.3) is 0 Å². The fourth-order valence-electron chi connectivity index (χ4n) is 3.13. The van der Waals surface area contributed by atoms with Crippen molar-refractivity contribution in [3.8, 4) is 0 Å². The van der Waals surface area contributed by atoms with Crippen LogP contribution in [0, 0.1) is 5.92 Å². The smallest absolute Gasteiger partial charge is 0.319 e. The second-order valence-corrected chi connectivity index (χ2v) is 7.73. The minimum Gasteiger partial charge on any atom is -0.463 e. The second kappa shape index (κ2) is 10.3. The molecule has 1 aromatic rings. The van der Waals surface area contributed by atoms with Crippen molar-refractivity contribution >= 4 is 17.6 Å². The van der Waals surface area contributed by atoms with Crippen LogP contribution in [0.1, 0.15) is 72.6 Å². The maximum absolute atomic E-state index is 10.8. The van der Waals surface area contributed by atoms with Crippen molar-refractivity contribution in [3.05, 3.63) is 11.6 Å². The van der Waals surface area contributed by atoms with Crippen LogP contribution in [0.5, 0.6) is 0 Å². The summed E-state index contributed by atoms with van der Waals surface area (Å²) in [6.07, 6.45) is 2.31. The molecular formula is C19H35ClN3O3+. The number of nitrogens with zero attached hydrogens (tertiary/aromatic N) is 3. The molecule has 0 aliphatic heterocycles. The molecule has 0 N–H and O–H groups in total. The van der Waals surface area contributed by atoms with E-state index in [1.807, 2.05) is 0 Å². The van der Waals surface area contributed by atoms with E-state index >= 15 is 0 Å². The maximum atomic E-state index is 10.8. The van der Waals surface area contributed by atoms with Gasteiger partial charge in [0, 0.05) is 6.92 Å². The topological polar surface area (TPSA) is 57.2 Å². The first-order valence-corrected chi connectivity index (χ1v) is 9.99. The van der Waals surface area contributed by atoms with Crippen molar-refractivity contribution in [2.45, 2.75) is 78.8 Å². The summed E-state index contributed by atoms with van der Waals surface area (Å²) in [4.78, 5) is 15.1. The largest absolute Gasteiger partial charge is 0.463 e. The summed E-state index contributed by atoms with van der Waals surface area (Å²) in [7, 11) is 0. The Morgan fingerprint density at radius 1 is 1.23 bits per heavy atom. The molecule has 0 aromatic carbocycles. The van der Waals surface area contributed by atoms with Gasteiger partial charge in [-0.05, 0) is 31.2 Å². The fourth-order valence-corrected chi connectivity index (χ4v) is 3.30. The summed E-state index contributed by atoms with van der Waals surface area (Å²) in [6.45, 7) is 15.4. The molecule has 0 saturated heterocycles. The molecule has 0 spiro atoms. The van der Waals surface area contributed by atoms with Crippen LogP contribution >= 0.6 is 11.6 Å². The van der Waals surface area contributed by atoms with Crippen molar-refractivity contribution in [2.24, 2.45) is 5.92 Å². The van der Waals surface area contributed by atoms with Gasteiger partial charge in [0.05, 0.1) is 26.1 Å². The molecule has 0 fully saturated rings. The first-order valence-electron chi connectivity index (χ1n) is 9.61. The van der Waals surface area contributed by atoms with Crippen LogP contribution in [0.15, 0.2) is 0 Å². The van der Waals surface area contributed by atoms with Crippen LogP contribution in [-0.4, -0.2) is 35.5 Å². The van der Waals surface area contributed by atoms with Gasteiger partial charge in [0.2, 0.25) is 0 Å². The van der Waals surface area contributed by atoms with Crippen molar-refractivity contribution in [1.29, 1.82) is 0 Å². The van der Waals surface area contributed by atoms with Gasteiger partial charge in [-0.2, -0.15) is 4.68 Å². The molecule has 0 aliphatic rings. The number of hydrogen-bond acceptors (Lipinski definition) is 4. The average Bonchev–Trinajstić information content (AvgIpc) is 2.96. The lowest BCUT2D eigenvalue weighted by atomic mass is 10.0. The zero-order chi connectivity index (χ0) is 19.9. The molecule has 0 aliphatic carbocycles. The average molecular weight is 389 g/mol. The molecular weight excluding hydrogens is 354 g/mol. The van der Waals surface area contributed by atoms with Gasteiger partial charge in [-0.15, -0.1) is 4.68 Å². The molecule has 26 heavy (non-hydrogen) atoms. The number of carbonyl (C=O) groups excluding carboxylic acids is 1. The summed E-state index contributed by atoms with van der Waals surface area (Å²) >= 11 is 7.11. The van der Waals surface area contributed by atoms with E-state index in [1.165, 1.54) is 6.92 Å². The van der Waals surface area contributed by atoms with Crippen LogP contribution in [0.2, 0.25) is 0 Å². The van der Waals surface area contributed by atoms with Gasteiger partial charge in [0.1, 0.15) is 12.6 Å². The van der Waals surface area contributed by atoms with E-state index in [0.717, 1.165) is 24.5 Å². The predicted molar refractivity (Wildman–Crippen MR) is 102 cm³/mol. The lowest BCUT2D eigenvalue weighted by Gasteiger charge is -2.32. The van der Waals surface area contributed by atoms with Gasteiger partial charge in [-0.1, -0.05) is 39.3 Å². The van der Waals surface area contributed by atoms with Gasteiger partial charge >= 0.3 is 11.8 Å². The molecule has 0 amide bonds. The number of alkyl halides is 1. The summed E-state index contributed by atoms with van der Waals surface area (Å²) in [5.74, 6) is 1.94. The van der Waals surface area contributed by atoms with Crippen molar-refractivity contribution < 1.29 is 19.0 Å². The van der Waals surface area contributed by atoms with Crippen LogP contribution in [0.3, 0.4) is 0 Å². The molecule has 0 saturated carbocycles. The van der Waals surface area contributed by atoms with E-state index in [-0.39, 0.29) is 24.5 Å². The third-order valence-electron chi connectivity index (χ3n) is 4.52. The van der Waals surface area contributed by atoms with Gasteiger partial charge in [-0.25, -0.2) is 0 Å². The minimum atomic E-state index is -0.530. The minimum absolute atomic E-state index is 0.252. The van der Waals surface area contributed by atoms with E-state index in [0.29, 0.717) is 19.6 Å². The third-order valence-corrected chi connectivity index (χ3v) is 5.39. The molecule has 1 atom stereocenters. The Balaban J connectivity index is 3.05. The van der Waals surface area contributed by atoms with E-state index in [2.05, 4.69) is 50.9 Å². The lowest BCUT2D eigenvalue weighted by Crippen LogP contribution is -2.56. The number of esters is 1. The Hall–Kier alpha value is -1.14. The Labute approximate surface area is 162 Å². The highest BCUT2D eigenvalue weighted by atomic mass is 35.5. The molecule has 1 rings (SSSR count). The fraction of sp³-hybridized carbons (Fsp3) is 0.842. The highest BCUT2D eigenvalue weighted by molar-refractivity contribution is 6.22. The molecule has 1 unspecified atom stereocenters. The Morgan fingerprint density at radius 3 is 2.35 bits per heavy atom. The number of hydrogen-bond donors (Lipinski definition) is 0. The summed E-state index contributed by atoms with van der Waals surface area (Å²) in [5.41, 5.74) is 0. The Kier molecular flexibility index (Phi) is 9.04. The number of aromatic nitrogens is 3. The number of rotatable bonds is 11. The first-order chi connectivity index (χ1) is 12.2. The third kappa shape index (κ3) is 5.43. The first kappa shape index (κ1) is 22.9. The van der Waals surface area contributed by atoms with Crippen molar-refractivity contribution in [3.63, 3.8) is 0 Å². The summed E-state index contributed by atoms with van der Waals surface area (Å²) < 4.78 is 14.9. The van der Waals surface area contributed by atoms with E-state index < -0.39 is 5.00 Å². The van der Waals surface area contributed by atoms with Crippen molar-refractivity contribution in [2.75, 3.05) is 19.8 Å². The van der Waals surface area contributed by atoms with Crippen LogP contribution in [-0.2, 0) is 32.1 Å². The monoisotopic (exact) mass is 388 g/mol. The summed E-state index contributed by atoms with van der Waals surface area (Å²) in [5, 5.41) is 0. The van der Waals surface area contributed by atoms with E-state index in [9.17, 15) is 4.79 Å². The van der Waals surface area contributed by atoms with Gasteiger partial charge in [0.25, 0.3) is 5.82 Å². The predicted octanol–water partition coefficient (Wildman–Crippen LogP) is 3.39. The second-order valence-electron chi connectivity index (χ2n) is 7.08. The Bertz CT molecular complexity index is 587. The maximum Gasteiger partial charge on any atom is 0.319 e. The van der Waals surface area contributed by atoms with Crippen LogP contribution in [0.4, 0.5) is 0 Å². The number of aryl methyl sites for hydroxylation is 1. The lowest BCUT2D eigenvalue weighted by molar-refractivity contribution is -0.804. The molecule has 150 valence electrons. The van der Waals surface area contributed by atoms with Crippen molar-refractivity contribution in [1.82, 2.24) is 9.67 Å². The molecule has 6 nitrogen and oxygen atoms in total. The number of ether oxygens (including phenoxy) is 2. The molecule has 1 aromatic heterocycles. The number of carbonyl (C=O) groups is 1. The van der Waals surface area contributed by atoms with E-state index in [4.69, 9.17) is 26.1 Å². The van der Waals surface area contributed by atoms with E-state index in [1.54, 1.807) is 0 Å². The highest BCUT2D eigenvalue weighted by Crippen LogP contribution is 2.35. The number of halogens is 1. The van der Waals surface area contributed by atoms with Crippen LogP contribution < -0.4 is 4.68 Å². The van der Waals surface area contributed by atoms with Gasteiger partial charge in [0.15, 0.2) is 5.00 Å². The van der Waals surface area contributed by atoms with Gasteiger partial charge in [-0.3, -0.25) is 4.79 Å². The molecule has 0 radical (unpaired) electrons. The summed E-state index contributed by atoms with van der Waals surface area (Å²) in [6, 6.07) is 0.263. The zero-order valence-electron chi connectivity index (χ0n) is 17.3. The molecule has 7 heteroatoms. The molecule has 1 heterocycles. The normalized spacial score (nSPS) is 14.1. The quantitative estimate of drug-likeness (QED) is 0.252. The van der Waals surface area contributed by atoms with Gasteiger partial charge < -0.3 is 9.47 Å². The zero-order valence-corrected chi connectivity index (χ0v) is 18.1. The molecule has 0 bridgehead atoms. The highest BCUT2D eigenvalue weighted by Gasteiger charge is 2.42.